The number of rotatable bonds is 7. The van der Waals surface area contributed by atoms with E-state index in [4.69, 9.17) is 0 Å². The fourth-order valence-corrected chi connectivity index (χ4v) is 9.66. The Bertz CT molecular complexity index is 2550. The van der Waals surface area contributed by atoms with Crippen molar-refractivity contribution in [1.82, 2.24) is 0 Å². The lowest BCUT2D eigenvalue weighted by molar-refractivity contribution is 1.28. The molecule has 9 rings (SSSR count). The smallest absolute Gasteiger partial charge is 0.0462 e. The van der Waals surface area contributed by atoms with Crippen LogP contribution in [-0.4, -0.2) is 0 Å². The minimum absolute atomic E-state index is 1.10. The molecule has 0 aliphatic heterocycles. The van der Waals surface area contributed by atoms with Crippen LogP contribution in [0.3, 0.4) is 0 Å². The molecule has 238 valence electrons. The van der Waals surface area contributed by atoms with Gasteiger partial charge in [-0.15, -0.1) is 22.7 Å². The average Bonchev–Trinajstić information content (AvgIpc) is 3.75. The standard InChI is InChI=1S/C47H33NS2/c1-3-31(4-2)32-19-25-35(26-20-32)48(36-27-21-33(22-28-36)38-13-9-15-42-40-11-5-7-17-44(40)49-46(38)42)37-29-23-34(24-30-37)39-14-10-16-43-41-12-6-8-18-45(41)50-47(39)43/h3-30H,1H2,2H3/b31-4+. The fraction of sp³-hybridized carbons (Fsp3) is 0.0213. The van der Waals surface area contributed by atoms with E-state index in [1.807, 2.05) is 28.7 Å². The van der Waals surface area contributed by atoms with E-state index >= 15 is 0 Å². The molecule has 0 aliphatic carbocycles. The Kier molecular flexibility index (Phi) is 7.65. The van der Waals surface area contributed by atoms with Gasteiger partial charge in [0.15, 0.2) is 0 Å². The third kappa shape index (κ3) is 5.14. The number of benzene rings is 7. The summed E-state index contributed by atoms with van der Waals surface area (Å²) in [5.74, 6) is 0. The van der Waals surface area contributed by atoms with E-state index in [0.717, 1.165) is 28.2 Å². The van der Waals surface area contributed by atoms with Gasteiger partial charge in [-0.3, -0.25) is 0 Å². The molecule has 0 fully saturated rings. The predicted octanol–water partition coefficient (Wildman–Crippen LogP) is 14.8. The van der Waals surface area contributed by atoms with Gasteiger partial charge in [0.25, 0.3) is 0 Å². The Labute approximate surface area is 300 Å². The third-order valence-corrected chi connectivity index (χ3v) is 12.1. The molecule has 0 saturated carbocycles. The molecule has 2 aromatic heterocycles. The maximum absolute atomic E-state index is 4.01. The monoisotopic (exact) mass is 675 g/mol. The molecular formula is C47H33NS2. The van der Waals surface area contributed by atoms with Crippen molar-refractivity contribution >= 4 is 85.7 Å². The van der Waals surface area contributed by atoms with Gasteiger partial charge in [-0.25, -0.2) is 0 Å². The van der Waals surface area contributed by atoms with Crippen LogP contribution in [0.5, 0.6) is 0 Å². The highest BCUT2D eigenvalue weighted by Gasteiger charge is 2.16. The minimum atomic E-state index is 1.10. The molecule has 50 heavy (non-hydrogen) atoms. The zero-order valence-corrected chi connectivity index (χ0v) is 29.3. The summed E-state index contributed by atoms with van der Waals surface area (Å²) in [5.41, 5.74) is 10.6. The zero-order valence-electron chi connectivity index (χ0n) is 27.6. The Morgan fingerprint density at radius 1 is 0.480 bits per heavy atom. The Balaban J connectivity index is 1.13. The van der Waals surface area contributed by atoms with E-state index in [-0.39, 0.29) is 0 Å². The van der Waals surface area contributed by atoms with Gasteiger partial charge in [-0.05, 0) is 88.8 Å². The number of allylic oxidation sites excluding steroid dienone is 3. The molecule has 1 nitrogen and oxygen atoms in total. The summed E-state index contributed by atoms with van der Waals surface area (Å²) in [4.78, 5) is 2.35. The molecule has 0 unspecified atom stereocenters. The van der Waals surface area contributed by atoms with Crippen molar-refractivity contribution in [3.8, 4) is 22.3 Å². The van der Waals surface area contributed by atoms with Crippen molar-refractivity contribution in [3.05, 3.63) is 182 Å². The van der Waals surface area contributed by atoms with Crippen LogP contribution in [0.4, 0.5) is 17.1 Å². The van der Waals surface area contributed by atoms with Gasteiger partial charge in [0.05, 0.1) is 0 Å². The van der Waals surface area contributed by atoms with Crippen LogP contribution in [0, 0.1) is 0 Å². The topological polar surface area (TPSA) is 3.24 Å². The summed E-state index contributed by atoms with van der Waals surface area (Å²) in [6, 6.07) is 57.6. The van der Waals surface area contributed by atoms with Gasteiger partial charge in [-0.2, -0.15) is 0 Å². The maximum Gasteiger partial charge on any atom is 0.0462 e. The highest BCUT2D eigenvalue weighted by atomic mass is 32.1. The first-order valence-electron chi connectivity index (χ1n) is 16.9. The van der Waals surface area contributed by atoms with Crippen LogP contribution in [0.2, 0.25) is 0 Å². The van der Waals surface area contributed by atoms with E-state index in [1.54, 1.807) is 0 Å². The Hall–Kier alpha value is -5.74. The molecule has 0 saturated heterocycles. The highest BCUT2D eigenvalue weighted by molar-refractivity contribution is 7.26. The first-order chi connectivity index (χ1) is 24.7. The average molecular weight is 676 g/mol. The van der Waals surface area contributed by atoms with Crippen molar-refractivity contribution in [2.75, 3.05) is 4.90 Å². The fourth-order valence-electron chi connectivity index (χ4n) is 7.18. The lowest BCUT2D eigenvalue weighted by Crippen LogP contribution is -2.09. The van der Waals surface area contributed by atoms with Gasteiger partial charge in [0.1, 0.15) is 0 Å². The van der Waals surface area contributed by atoms with Crippen molar-refractivity contribution in [2.24, 2.45) is 0 Å². The molecule has 0 aliphatic rings. The molecule has 0 N–H and O–H groups in total. The normalized spacial score (nSPS) is 11.9. The number of thiophene rings is 2. The van der Waals surface area contributed by atoms with Crippen molar-refractivity contribution in [2.45, 2.75) is 6.92 Å². The largest absolute Gasteiger partial charge is 0.311 e. The second-order valence-corrected chi connectivity index (χ2v) is 14.6. The molecule has 0 spiro atoms. The molecule has 0 radical (unpaired) electrons. The Morgan fingerprint density at radius 2 is 0.900 bits per heavy atom. The minimum Gasteiger partial charge on any atom is -0.311 e. The van der Waals surface area contributed by atoms with E-state index < -0.39 is 0 Å². The third-order valence-electron chi connectivity index (χ3n) is 9.67. The predicted molar refractivity (Wildman–Crippen MR) is 222 cm³/mol. The van der Waals surface area contributed by atoms with Gasteiger partial charge in [0, 0.05) is 57.4 Å². The van der Waals surface area contributed by atoms with Crippen molar-refractivity contribution in [3.63, 3.8) is 0 Å². The summed E-state index contributed by atoms with van der Waals surface area (Å²) in [6.45, 7) is 6.07. The molecule has 9 aromatic rings. The number of hydrogen-bond acceptors (Lipinski definition) is 3. The van der Waals surface area contributed by atoms with Crippen LogP contribution in [0.25, 0.3) is 68.2 Å². The summed E-state index contributed by atoms with van der Waals surface area (Å²) in [5, 5.41) is 5.29. The number of hydrogen-bond donors (Lipinski definition) is 0. The molecule has 0 bridgehead atoms. The van der Waals surface area contributed by atoms with E-state index in [9.17, 15) is 0 Å². The summed E-state index contributed by atoms with van der Waals surface area (Å²) >= 11 is 3.75. The molecular weight excluding hydrogens is 643 g/mol. The molecule has 7 aromatic carbocycles. The number of nitrogens with zero attached hydrogens (tertiary/aromatic N) is 1. The second-order valence-electron chi connectivity index (χ2n) is 12.5. The van der Waals surface area contributed by atoms with Crippen LogP contribution >= 0.6 is 22.7 Å². The summed E-state index contributed by atoms with van der Waals surface area (Å²) in [7, 11) is 0. The van der Waals surface area contributed by atoms with Gasteiger partial charge >= 0.3 is 0 Å². The quantitative estimate of drug-likeness (QED) is 0.152. The van der Waals surface area contributed by atoms with Crippen LogP contribution in [0.15, 0.2) is 176 Å². The first-order valence-corrected chi connectivity index (χ1v) is 18.5. The number of fused-ring (bicyclic) bond motifs is 6. The summed E-state index contributed by atoms with van der Waals surface area (Å²) < 4.78 is 5.32. The number of anilines is 3. The van der Waals surface area contributed by atoms with Crippen molar-refractivity contribution in [1.29, 1.82) is 0 Å². The maximum atomic E-state index is 4.01. The van der Waals surface area contributed by atoms with E-state index in [1.165, 1.54) is 62.6 Å². The lowest BCUT2D eigenvalue weighted by atomic mass is 10.0. The highest BCUT2D eigenvalue weighted by Crippen LogP contribution is 2.43. The van der Waals surface area contributed by atoms with E-state index in [2.05, 4.69) is 182 Å². The Morgan fingerprint density at radius 3 is 1.34 bits per heavy atom. The lowest BCUT2D eigenvalue weighted by Gasteiger charge is -2.26. The van der Waals surface area contributed by atoms with Gasteiger partial charge in [0.2, 0.25) is 0 Å². The SMILES string of the molecule is C=C/C(=C\C)c1ccc(N(c2ccc(-c3cccc4c3sc3ccccc34)cc2)c2ccc(-c3cccc4c3sc3ccccc34)cc2)cc1. The first kappa shape index (κ1) is 30.3. The van der Waals surface area contributed by atoms with Crippen LogP contribution < -0.4 is 4.90 Å². The molecule has 3 heteroatoms. The zero-order chi connectivity index (χ0) is 33.6. The summed E-state index contributed by atoms with van der Waals surface area (Å²) in [6.07, 6.45) is 4.02. The second kappa shape index (κ2) is 12.6. The van der Waals surface area contributed by atoms with E-state index in [0.29, 0.717) is 0 Å². The molecule has 2 heterocycles. The van der Waals surface area contributed by atoms with Crippen LogP contribution in [0.1, 0.15) is 12.5 Å². The van der Waals surface area contributed by atoms with Gasteiger partial charge < -0.3 is 4.90 Å². The molecule has 0 atom stereocenters. The van der Waals surface area contributed by atoms with Crippen molar-refractivity contribution < 1.29 is 0 Å². The van der Waals surface area contributed by atoms with Crippen LogP contribution in [-0.2, 0) is 0 Å². The molecule has 0 amide bonds. The van der Waals surface area contributed by atoms with Gasteiger partial charge in [-0.1, -0.05) is 128 Å².